The third kappa shape index (κ3) is 5.43. The number of nitro groups is 1. The lowest BCUT2D eigenvalue weighted by Crippen LogP contribution is -2.26. The van der Waals surface area contributed by atoms with Gasteiger partial charge in [0, 0.05) is 49.3 Å². The van der Waals surface area contributed by atoms with E-state index in [1.54, 1.807) is 12.3 Å². The van der Waals surface area contributed by atoms with Crippen molar-refractivity contribution in [2.24, 2.45) is 4.99 Å². The van der Waals surface area contributed by atoms with E-state index in [2.05, 4.69) is 15.3 Å². The van der Waals surface area contributed by atoms with Crippen molar-refractivity contribution in [3.8, 4) is 11.3 Å². The van der Waals surface area contributed by atoms with Crippen LogP contribution in [0.15, 0.2) is 77.9 Å². The summed E-state index contributed by atoms with van der Waals surface area (Å²) in [5.74, 6) is -0.00956. The number of likely N-dealkylation sites (tertiary alicyclic amines) is 1. The summed E-state index contributed by atoms with van der Waals surface area (Å²) >= 11 is 0. The van der Waals surface area contributed by atoms with Gasteiger partial charge in [-0.1, -0.05) is 43.3 Å². The Hall–Kier alpha value is -5.12. The van der Waals surface area contributed by atoms with E-state index in [9.17, 15) is 19.7 Å². The molecule has 3 heterocycles. The molecule has 3 aromatic carbocycles. The van der Waals surface area contributed by atoms with Crippen LogP contribution in [0.25, 0.3) is 11.3 Å². The second kappa shape index (κ2) is 11.4. The lowest BCUT2D eigenvalue weighted by atomic mass is 9.90. The van der Waals surface area contributed by atoms with E-state index in [1.807, 2.05) is 60.4 Å². The molecule has 212 valence electrons. The molecule has 2 N–H and O–H groups in total. The van der Waals surface area contributed by atoms with Crippen molar-refractivity contribution < 1.29 is 14.5 Å². The van der Waals surface area contributed by atoms with Crippen LogP contribution in [-0.4, -0.2) is 50.4 Å². The minimum absolute atomic E-state index is 0.0863. The van der Waals surface area contributed by atoms with E-state index >= 15 is 0 Å². The Morgan fingerprint density at radius 1 is 1.10 bits per heavy atom. The molecule has 42 heavy (non-hydrogen) atoms. The summed E-state index contributed by atoms with van der Waals surface area (Å²) in [6, 6.07) is 19.9. The first kappa shape index (κ1) is 27.1. The highest BCUT2D eigenvalue weighted by atomic mass is 16.6. The van der Waals surface area contributed by atoms with Gasteiger partial charge in [-0.15, -0.1) is 0 Å². The molecule has 10 nitrogen and oxygen atoms in total. The summed E-state index contributed by atoms with van der Waals surface area (Å²) in [4.78, 5) is 50.9. The van der Waals surface area contributed by atoms with E-state index in [4.69, 9.17) is 4.99 Å². The lowest BCUT2D eigenvalue weighted by Gasteiger charge is -2.16. The zero-order chi connectivity index (χ0) is 29.2. The average molecular weight is 563 g/mol. The first-order chi connectivity index (χ1) is 20.4. The number of nitrogens with zero attached hydrogens (tertiary/aromatic N) is 4. The SMILES string of the molecule is CCc1ncc(-c2ccc(N=C(c3ccc(CCN4CCCC4=O)cc3)C3C(=O)Nc4ccc([N+](=O)[O-])cc43)cc2)[nH]1. The van der Waals surface area contributed by atoms with Crippen LogP contribution in [-0.2, 0) is 22.4 Å². The smallest absolute Gasteiger partial charge is 0.269 e. The first-order valence-electron chi connectivity index (χ1n) is 14.1. The Bertz CT molecular complexity index is 1690. The molecule has 4 aromatic rings. The molecule has 0 spiro atoms. The molecule has 1 atom stereocenters. The predicted molar refractivity (Wildman–Crippen MR) is 160 cm³/mol. The maximum Gasteiger partial charge on any atom is 0.269 e. The van der Waals surface area contributed by atoms with Gasteiger partial charge in [0.2, 0.25) is 11.8 Å². The number of fused-ring (bicyclic) bond motifs is 1. The minimum Gasteiger partial charge on any atom is -0.342 e. The van der Waals surface area contributed by atoms with Crippen LogP contribution in [0.5, 0.6) is 0 Å². The first-order valence-corrected chi connectivity index (χ1v) is 14.1. The van der Waals surface area contributed by atoms with Gasteiger partial charge in [-0.3, -0.25) is 24.7 Å². The standard InChI is InChI=1S/C32H30N6O4/c1-2-28-33-19-27(35-28)21-9-11-23(12-10-21)34-31(30-25-18-24(38(41)42)13-14-26(25)36-32(30)40)22-7-5-20(6-8-22)15-17-37-16-3-4-29(37)39/h5-14,18-19,30H,2-4,15-17H2,1H3,(H,33,35)(H,36,40). The molecule has 2 aliphatic heterocycles. The topological polar surface area (TPSA) is 134 Å². The number of non-ortho nitro benzene ring substituents is 1. The quantitative estimate of drug-likeness (QED) is 0.156. The summed E-state index contributed by atoms with van der Waals surface area (Å²) in [6.07, 6.45) is 4.86. The highest BCUT2D eigenvalue weighted by molar-refractivity contribution is 6.24. The maximum absolute atomic E-state index is 13.3. The molecule has 6 rings (SSSR count). The van der Waals surface area contributed by atoms with Crippen LogP contribution in [0.1, 0.15) is 48.2 Å². The second-order valence-electron chi connectivity index (χ2n) is 10.5. The molecule has 0 aliphatic carbocycles. The van der Waals surface area contributed by atoms with E-state index in [-0.39, 0.29) is 17.5 Å². The fourth-order valence-electron chi connectivity index (χ4n) is 5.52. The Morgan fingerprint density at radius 3 is 2.55 bits per heavy atom. The number of aliphatic imine (C=N–C) groups is 1. The number of amides is 2. The summed E-state index contributed by atoms with van der Waals surface area (Å²) < 4.78 is 0. The molecule has 10 heteroatoms. The van der Waals surface area contributed by atoms with Gasteiger partial charge in [0.05, 0.1) is 28.2 Å². The number of aryl methyl sites for hydroxylation is 1. The molecular weight excluding hydrogens is 532 g/mol. The van der Waals surface area contributed by atoms with Crippen molar-refractivity contribution in [2.45, 2.75) is 38.5 Å². The highest BCUT2D eigenvalue weighted by Gasteiger charge is 2.36. The van der Waals surface area contributed by atoms with Crippen LogP contribution in [0, 0.1) is 10.1 Å². The average Bonchev–Trinajstić information content (AvgIpc) is 3.73. The molecule has 2 amide bonds. The van der Waals surface area contributed by atoms with E-state index in [0.29, 0.717) is 35.6 Å². The molecule has 1 fully saturated rings. The van der Waals surface area contributed by atoms with E-state index in [0.717, 1.165) is 54.0 Å². The lowest BCUT2D eigenvalue weighted by molar-refractivity contribution is -0.384. The van der Waals surface area contributed by atoms with Crippen molar-refractivity contribution in [3.63, 3.8) is 0 Å². The fourth-order valence-corrected chi connectivity index (χ4v) is 5.52. The Kier molecular flexibility index (Phi) is 7.35. The molecule has 1 aromatic heterocycles. The largest absolute Gasteiger partial charge is 0.342 e. The van der Waals surface area contributed by atoms with Gasteiger partial charge in [0.25, 0.3) is 5.69 Å². The van der Waals surface area contributed by atoms with Gasteiger partial charge in [-0.05, 0) is 47.7 Å². The summed E-state index contributed by atoms with van der Waals surface area (Å²) in [7, 11) is 0. The number of imidazole rings is 1. The second-order valence-corrected chi connectivity index (χ2v) is 10.5. The Balaban J connectivity index is 1.35. The zero-order valence-electron chi connectivity index (χ0n) is 23.2. The molecule has 0 saturated carbocycles. The number of carbonyl (C=O) groups excluding carboxylic acids is 2. The molecule has 2 aliphatic rings. The molecule has 0 radical (unpaired) electrons. The Labute approximate surface area is 242 Å². The van der Waals surface area contributed by atoms with Gasteiger partial charge in [-0.25, -0.2) is 4.98 Å². The van der Waals surface area contributed by atoms with Crippen LogP contribution < -0.4 is 5.32 Å². The number of rotatable bonds is 9. The summed E-state index contributed by atoms with van der Waals surface area (Å²) in [5.41, 5.74) is 5.79. The number of benzene rings is 3. The third-order valence-corrected chi connectivity index (χ3v) is 7.83. The van der Waals surface area contributed by atoms with Crippen molar-refractivity contribution in [1.82, 2.24) is 14.9 Å². The number of nitrogens with one attached hydrogen (secondary N) is 2. The van der Waals surface area contributed by atoms with Gasteiger partial charge < -0.3 is 15.2 Å². The highest BCUT2D eigenvalue weighted by Crippen LogP contribution is 2.38. The van der Waals surface area contributed by atoms with Crippen LogP contribution in [0.4, 0.5) is 17.1 Å². The summed E-state index contributed by atoms with van der Waals surface area (Å²) in [5, 5.41) is 14.4. The number of anilines is 1. The minimum atomic E-state index is -0.827. The van der Waals surface area contributed by atoms with Crippen molar-refractivity contribution >= 4 is 34.6 Å². The van der Waals surface area contributed by atoms with Crippen LogP contribution >= 0.6 is 0 Å². The van der Waals surface area contributed by atoms with Crippen LogP contribution in [0.3, 0.4) is 0 Å². The number of carbonyl (C=O) groups is 2. The molecule has 1 unspecified atom stereocenters. The monoisotopic (exact) mass is 562 g/mol. The number of aromatic amines is 1. The van der Waals surface area contributed by atoms with Gasteiger partial charge >= 0.3 is 0 Å². The Morgan fingerprint density at radius 2 is 1.88 bits per heavy atom. The molecule has 0 bridgehead atoms. The number of hydrogen-bond donors (Lipinski definition) is 2. The molecular formula is C32H30N6O4. The van der Waals surface area contributed by atoms with Crippen molar-refractivity contribution in [2.75, 3.05) is 18.4 Å². The zero-order valence-corrected chi connectivity index (χ0v) is 23.2. The summed E-state index contributed by atoms with van der Waals surface area (Å²) in [6.45, 7) is 3.51. The fraction of sp³-hybridized carbons (Fsp3) is 0.250. The number of aromatic nitrogens is 2. The van der Waals surface area contributed by atoms with Crippen molar-refractivity contribution in [3.05, 3.63) is 106 Å². The van der Waals surface area contributed by atoms with Gasteiger partial charge in [-0.2, -0.15) is 0 Å². The predicted octanol–water partition coefficient (Wildman–Crippen LogP) is 5.57. The number of nitro benzene ring substituents is 1. The number of H-pyrrole nitrogens is 1. The van der Waals surface area contributed by atoms with E-state index in [1.165, 1.54) is 12.1 Å². The normalized spacial score (nSPS) is 16.5. The van der Waals surface area contributed by atoms with E-state index < -0.39 is 10.8 Å². The number of hydrogen-bond acceptors (Lipinski definition) is 6. The maximum atomic E-state index is 13.3. The van der Waals surface area contributed by atoms with Gasteiger partial charge in [0.15, 0.2) is 0 Å². The van der Waals surface area contributed by atoms with Crippen LogP contribution in [0.2, 0.25) is 0 Å². The van der Waals surface area contributed by atoms with Gasteiger partial charge in [0.1, 0.15) is 11.7 Å². The molecule has 1 saturated heterocycles. The van der Waals surface area contributed by atoms with Crippen molar-refractivity contribution in [1.29, 1.82) is 0 Å². The third-order valence-electron chi connectivity index (χ3n) is 7.83.